The number of pyridine rings is 1. The maximum Gasteiger partial charge on any atom is 0.128 e. The maximum absolute atomic E-state index is 5.77. The van der Waals surface area contributed by atoms with Gasteiger partial charge in [0.2, 0.25) is 0 Å². The second-order valence-electron chi connectivity index (χ2n) is 5.39. The number of anilines is 1. The fraction of sp³-hybridized carbons (Fsp3) is 0.667. The Morgan fingerprint density at radius 1 is 1.42 bits per heavy atom. The van der Waals surface area contributed by atoms with Crippen molar-refractivity contribution in [1.29, 1.82) is 0 Å². The Hall–Kier alpha value is -1.13. The number of rotatable bonds is 4. The molecule has 0 aliphatic carbocycles. The standard InChI is InChI=1S/C15H25N3O/c1-5-16-13(4)14-6-7-17-15(8-14)18-9-11(2)19-12(3)10-18/h6-8,11-13,16H,5,9-10H2,1-4H3/t11-,12+,13?. The van der Waals surface area contributed by atoms with Gasteiger partial charge in [0.15, 0.2) is 0 Å². The molecule has 1 aliphatic rings. The summed E-state index contributed by atoms with van der Waals surface area (Å²) in [5.41, 5.74) is 1.29. The maximum atomic E-state index is 5.77. The Morgan fingerprint density at radius 3 is 2.74 bits per heavy atom. The van der Waals surface area contributed by atoms with E-state index in [1.165, 1.54) is 5.56 Å². The lowest BCUT2D eigenvalue weighted by Crippen LogP contribution is -2.45. The number of nitrogens with one attached hydrogen (secondary N) is 1. The van der Waals surface area contributed by atoms with E-state index in [1.54, 1.807) is 0 Å². The highest BCUT2D eigenvalue weighted by Crippen LogP contribution is 2.21. The molecule has 106 valence electrons. The van der Waals surface area contributed by atoms with Crippen LogP contribution in [0, 0.1) is 0 Å². The van der Waals surface area contributed by atoms with E-state index in [9.17, 15) is 0 Å². The number of aromatic nitrogens is 1. The smallest absolute Gasteiger partial charge is 0.128 e. The van der Waals surface area contributed by atoms with Crippen LogP contribution in [0.15, 0.2) is 18.3 Å². The second kappa shape index (κ2) is 6.35. The summed E-state index contributed by atoms with van der Waals surface area (Å²) in [5, 5.41) is 3.44. The van der Waals surface area contributed by atoms with Crippen molar-refractivity contribution in [2.45, 2.75) is 45.9 Å². The van der Waals surface area contributed by atoms with Crippen molar-refractivity contribution in [3.63, 3.8) is 0 Å². The van der Waals surface area contributed by atoms with Gasteiger partial charge in [-0.25, -0.2) is 4.98 Å². The van der Waals surface area contributed by atoms with Crippen LogP contribution in [0.2, 0.25) is 0 Å². The molecule has 0 bridgehead atoms. The van der Waals surface area contributed by atoms with Crippen LogP contribution in [0.1, 0.15) is 39.3 Å². The van der Waals surface area contributed by atoms with Crippen LogP contribution in [0.3, 0.4) is 0 Å². The first-order valence-corrected chi connectivity index (χ1v) is 7.20. The fourth-order valence-electron chi connectivity index (χ4n) is 2.67. The molecular formula is C15H25N3O. The van der Waals surface area contributed by atoms with Crippen LogP contribution in [0.25, 0.3) is 0 Å². The molecule has 1 saturated heterocycles. The topological polar surface area (TPSA) is 37.4 Å². The summed E-state index contributed by atoms with van der Waals surface area (Å²) >= 11 is 0. The molecule has 0 amide bonds. The highest BCUT2D eigenvalue weighted by atomic mass is 16.5. The number of ether oxygens (including phenoxy) is 1. The summed E-state index contributed by atoms with van der Waals surface area (Å²) in [5.74, 6) is 1.06. The molecule has 1 fully saturated rings. The van der Waals surface area contributed by atoms with Crippen molar-refractivity contribution in [1.82, 2.24) is 10.3 Å². The van der Waals surface area contributed by atoms with E-state index in [-0.39, 0.29) is 12.2 Å². The molecule has 0 saturated carbocycles. The zero-order valence-corrected chi connectivity index (χ0v) is 12.4. The molecule has 2 heterocycles. The van der Waals surface area contributed by atoms with Crippen molar-refractivity contribution in [3.8, 4) is 0 Å². The number of hydrogen-bond acceptors (Lipinski definition) is 4. The normalized spacial score (nSPS) is 25.4. The van der Waals surface area contributed by atoms with Gasteiger partial charge in [0, 0.05) is 25.3 Å². The predicted molar refractivity (Wildman–Crippen MR) is 78.6 cm³/mol. The van der Waals surface area contributed by atoms with Gasteiger partial charge in [-0.1, -0.05) is 6.92 Å². The average molecular weight is 263 g/mol. The third-order valence-electron chi connectivity index (χ3n) is 3.52. The molecule has 4 heteroatoms. The first-order chi connectivity index (χ1) is 9.10. The van der Waals surface area contributed by atoms with E-state index in [2.05, 4.69) is 55.0 Å². The first-order valence-electron chi connectivity index (χ1n) is 7.20. The van der Waals surface area contributed by atoms with Gasteiger partial charge >= 0.3 is 0 Å². The minimum Gasteiger partial charge on any atom is -0.372 e. The zero-order chi connectivity index (χ0) is 13.8. The molecule has 1 aliphatic heterocycles. The van der Waals surface area contributed by atoms with Crippen LogP contribution in [-0.4, -0.2) is 36.8 Å². The number of hydrogen-bond donors (Lipinski definition) is 1. The van der Waals surface area contributed by atoms with Crippen molar-refractivity contribution in [2.24, 2.45) is 0 Å². The lowest BCUT2D eigenvalue weighted by Gasteiger charge is -2.36. The third-order valence-corrected chi connectivity index (χ3v) is 3.52. The molecule has 1 N–H and O–H groups in total. The van der Waals surface area contributed by atoms with Gasteiger partial charge < -0.3 is 15.0 Å². The SMILES string of the molecule is CCNC(C)c1ccnc(N2C[C@@H](C)O[C@@H](C)C2)c1. The monoisotopic (exact) mass is 263 g/mol. The van der Waals surface area contributed by atoms with Crippen LogP contribution >= 0.6 is 0 Å². The first kappa shape index (κ1) is 14.3. The Kier molecular flexibility index (Phi) is 4.77. The molecule has 3 atom stereocenters. The van der Waals surface area contributed by atoms with Crippen molar-refractivity contribution < 1.29 is 4.74 Å². The van der Waals surface area contributed by atoms with Gasteiger partial charge in [0.1, 0.15) is 5.82 Å². The fourth-order valence-corrected chi connectivity index (χ4v) is 2.67. The lowest BCUT2D eigenvalue weighted by molar-refractivity contribution is -0.00546. The van der Waals surface area contributed by atoms with Crippen molar-refractivity contribution in [3.05, 3.63) is 23.9 Å². The van der Waals surface area contributed by atoms with Gasteiger partial charge in [-0.3, -0.25) is 0 Å². The molecular weight excluding hydrogens is 238 g/mol. The Bertz CT molecular complexity index is 400. The molecule has 1 aromatic rings. The van der Waals surface area contributed by atoms with E-state index in [0.717, 1.165) is 25.5 Å². The molecule has 19 heavy (non-hydrogen) atoms. The molecule has 0 aromatic carbocycles. The minimum absolute atomic E-state index is 0.264. The van der Waals surface area contributed by atoms with Crippen molar-refractivity contribution in [2.75, 3.05) is 24.5 Å². The van der Waals surface area contributed by atoms with Crippen LogP contribution < -0.4 is 10.2 Å². The molecule has 4 nitrogen and oxygen atoms in total. The highest BCUT2D eigenvalue weighted by Gasteiger charge is 2.23. The molecule has 0 radical (unpaired) electrons. The molecule has 1 unspecified atom stereocenters. The average Bonchev–Trinajstić information content (AvgIpc) is 2.38. The van der Waals surface area contributed by atoms with Gasteiger partial charge in [-0.2, -0.15) is 0 Å². The lowest BCUT2D eigenvalue weighted by atomic mass is 10.1. The Morgan fingerprint density at radius 2 is 2.11 bits per heavy atom. The second-order valence-corrected chi connectivity index (χ2v) is 5.39. The zero-order valence-electron chi connectivity index (χ0n) is 12.4. The summed E-state index contributed by atoms with van der Waals surface area (Å²) in [6.45, 7) is 11.4. The van der Waals surface area contributed by atoms with Crippen molar-refractivity contribution >= 4 is 5.82 Å². The molecule has 0 spiro atoms. The predicted octanol–water partition coefficient (Wildman–Crippen LogP) is 2.37. The van der Waals surface area contributed by atoms with E-state index >= 15 is 0 Å². The summed E-state index contributed by atoms with van der Waals surface area (Å²) in [4.78, 5) is 6.84. The largest absolute Gasteiger partial charge is 0.372 e. The van der Waals surface area contributed by atoms with E-state index in [0.29, 0.717) is 6.04 Å². The summed E-state index contributed by atoms with van der Waals surface area (Å²) < 4.78 is 5.77. The minimum atomic E-state index is 0.264. The van der Waals surface area contributed by atoms with Crippen LogP contribution in [0.4, 0.5) is 5.82 Å². The summed E-state index contributed by atoms with van der Waals surface area (Å²) in [6.07, 6.45) is 2.43. The van der Waals surface area contributed by atoms with Gasteiger partial charge in [0.05, 0.1) is 12.2 Å². The number of nitrogens with zero attached hydrogens (tertiary/aromatic N) is 2. The highest BCUT2D eigenvalue weighted by molar-refractivity contribution is 5.42. The van der Waals surface area contributed by atoms with Gasteiger partial charge in [-0.15, -0.1) is 0 Å². The quantitative estimate of drug-likeness (QED) is 0.905. The molecule has 2 rings (SSSR count). The van der Waals surface area contributed by atoms with E-state index < -0.39 is 0 Å². The summed E-state index contributed by atoms with van der Waals surface area (Å²) in [7, 11) is 0. The van der Waals surface area contributed by atoms with Crippen LogP contribution in [0.5, 0.6) is 0 Å². The Labute approximate surface area is 116 Å². The number of morpholine rings is 1. The van der Waals surface area contributed by atoms with Crippen LogP contribution in [-0.2, 0) is 4.74 Å². The Balaban J connectivity index is 2.13. The van der Waals surface area contributed by atoms with Gasteiger partial charge in [-0.05, 0) is 45.0 Å². The van der Waals surface area contributed by atoms with E-state index in [1.807, 2.05) is 6.20 Å². The van der Waals surface area contributed by atoms with Gasteiger partial charge in [0.25, 0.3) is 0 Å². The third kappa shape index (κ3) is 3.67. The summed E-state index contributed by atoms with van der Waals surface area (Å²) in [6, 6.07) is 4.64. The van der Waals surface area contributed by atoms with E-state index in [4.69, 9.17) is 4.74 Å². The molecule has 1 aromatic heterocycles.